The van der Waals surface area contributed by atoms with Gasteiger partial charge in [-0.05, 0) is 67.1 Å². The van der Waals surface area contributed by atoms with Crippen LogP contribution >= 0.6 is 0 Å². The number of piperidine rings is 1. The first-order valence-electron chi connectivity index (χ1n) is 12.8. The highest BCUT2D eigenvalue weighted by Gasteiger charge is 2.43. The summed E-state index contributed by atoms with van der Waals surface area (Å²) in [5, 5.41) is 3.99. The van der Waals surface area contributed by atoms with Crippen LogP contribution in [0.2, 0.25) is 0 Å². The lowest BCUT2D eigenvalue weighted by Crippen LogP contribution is -2.58. The molecule has 2 aromatic carbocycles. The Hall–Kier alpha value is -3.79. The van der Waals surface area contributed by atoms with Crippen LogP contribution in [0.5, 0.6) is 0 Å². The Bertz CT molecular complexity index is 1310. The Balaban J connectivity index is 1.11. The largest absolute Gasteiger partial charge is 0.368 e. The van der Waals surface area contributed by atoms with Crippen LogP contribution in [0.3, 0.4) is 0 Å². The number of carbonyl (C=O) groups excluding carboxylic acids is 4. The summed E-state index contributed by atoms with van der Waals surface area (Å²) >= 11 is 0. The van der Waals surface area contributed by atoms with E-state index in [2.05, 4.69) is 15.1 Å². The van der Waals surface area contributed by atoms with Crippen molar-refractivity contribution < 1.29 is 23.6 Å². The van der Waals surface area contributed by atoms with Crippen LogP contribution in [0.4, 0.5) is 14.9 Å². The summed E-state index contributed by atoms with van der Waals surface area (Å²) in [5.74, 6) is -1.71. The van der Waals surface area contributed by atoms with Gasteiger partial charge in [-0.15, -0.1) is 0 Å². The van der Waals surface area contributed by atoms with Gasteiger partial charge in [-0.1, -0.05) is 6.07 Å². The van der Waals surface area contributed by atoms with Crippen molar-refractivity contribution in [1.29, 1.82) is 0 Å². The molecule has 0 unspecified atom stereocenters. The predicted octanol–water partition coefficient (Wildman–Crippen LogP) is 2.70. The third-order valence-electron chi connectivity index (χ3n) is 7.80. The maximum atomic E-state index is 13.7. The summed E-state index contributed by atoms with van der Waals surface area (Å²) in [6.07, 6.45) is 3.97. The van der Waals surface area contributed by atoms with Crippen LogP contribution in [0.25, 0.3) is 0 Å². The highest BCUT2D eigenvalue weighted by atomic mass is 19.1. The number of fused-ring (bicyclic) bond motifs is 2. The average Bonchev–Trinajstić information content (AvgIpc) is 3.13. The van der Waals surface area contributed by atoms with Crippen molar-refractivity contribution >= 4 is 29.4 Å². The number of nitrogens with zero attached hydrogens (tertiary/aromatic N) is 4. The number of benzene rings is 2. The highest BCUT2D eigenvalue weighted by Crippen LogP contribution is 2.33. The van der Waals surface area contributed by atoms with Gasteiger partial charge in [-0.3, -0.25) is 24.6 Å². The first-order chi connectivity index (χ1) is 17.9. The van der Waals surface area contributed by atoms with Gasteiger partial charge >= 0.3 is 6.03 Å². The summed E-state index contributed by atoms with van der Waals surface area (Å²) in [6.45, 7) is 3.42. The molecule has 4 aliphatic rings. The van der Waals surface area contributed by atoms with Gasteiger partial charge in [0.25, 0.3) is 11.8 Å². The van der Waals surface area contributed by atoms with Crippen LogP contribution in [0.15, 0.2) is 36.4 Å². The third kappa shape index (κ3) is 4.25. The molecule has 4 heterocycles. The number of nitrogens with one attached hydrogen (secondary N) is 1. The molecule has 6 rings (SSSR count). The van der Waals surface area contributed by atoms with Crippen LogP contribution in [0.1, 0.15) is 57.5 Å². The molecule has 37 heavy (non-hydrogen) atoms. The number of hydrogen-bond acceptors (Lipinski definition) is 6. The normalized spacial score (nSPS) is 20.8. The van der Waals surface area contributed by atoms with Gasteiger partial charge in [-0.2, -0.15) is 5.01 Å². The quantitative estimate of drug-likeness (QED) is 0.643. The monoisotopic (exact) mass is 505 g/mol. The van der Waals surface area contributed by atoms with Gasteiger partial charge in [0.05, 0.1) is 17.7 Å². The zero-order chi connectivity index (χ0) is 25.7. The van der Waals surface area contributed by atoms with Gasteiger partial charge in [0.1, 0.15) is 5.82 Å². The lowest BCUT2D eigenvalue weighted by Gasteiger charge is -2.42. The SMILES string of the molecule is O=C1CCN(N2C(=O)c3ccc(CN4CCC(N5CCCc6cc(F)ccc65)CC4)cc3C2=O)C(=O)N1. The molecule has 0 saturated carbocycles. The van der Waals surface area contributed by atoms with Crippen molar-refractivity contribution in [2.24, 2.45) is 0 Å². The number of urea groups is 1. The summed E-state index contributed by atoms with van der Waals surface area (Å²) in [6, 6.07) is 10.0. The molecular formula is C27H28FN5O4. The van der Waals surface area contributed by atoms with Crippen LogP contribution < -0.4 is 10.2 Å². The number of likely N-dealkylation sites (tertiary alicyclic amines) is 1. The lowest BCUT2D eigenvalue weighted by molar-refractivity contribution is -0.122. The molecule has 10 heteroatoms. The van der Waals surface area contributed by atoms with E-state index in [-0.39, 0.29) is 29.9 Å². The van der Waals surface area contributed by atoms with Crippen molar-refractivity contribution in [3.05, 3.63) is 64.5 Å². The van der Waals surface area contributed by atoms with Gasteiger partial charge in [-0.25, -0.2) is 14.2 Å². The number of amides is 5. The molecule has 192 valence electrons. The standard InChI is InChI=1S/C27H28FN5O4/c28-19-4-6-23-18(15-19)2-1-10-31(23)20-7-11-30(12-8-20)16-17-3-5-21-22(14-17)26(36)33(25(21)35)32-13-9-24(34)29-27(32)37/h3-6,14-15,20H,1-2,7-13,16H2,(H,29,34,37). The van der Waals surface area contributed by atoms with Crippen molar-refractivity contribution in [1.82, 2.24) is 20.2 Å². The van der Waals surface area contributed by atoms with E-state index in [0.29, 0.717) is 12.6 Å². The summed E-state index contributed by atoms with van der Waals surface area (Å²) in [7, 11) is 0. The Morgan fingerprint density at radius 1 is 0.865 bits per heavy atom. The van der Waals surface area contributed by atoms with Crippen molar-refractivity contribution in [3.63, 3.8) is 0 Å². The number of rotatable bonds is 4. The molecule has 0 bridgehead atoms. The second-order valence-corrected chi connectivity index (χ2v) is 10.1. The first-order valence-corrected chi connectivity index (χ1v) is 12.8. The maximum absolute atomic E-state index is 13.7. The second-order valence-electron chi connectivity index (χ2n) is 10.1. The zero-order valence-electron chi connectivity index (χ0n) is 20.4. The van der Waals surface area contributed by atoms with E-state index < -0.39 is 23.8 Å². The summed E-state index contributed by atoms with van der Waals surface area (Å²) in [5.41, 5.74) is 3.71. The van der Waals surface area contributed by atoms with Gasteiger partial charge < -0.3 is 4.90 Å². The average molecular weight is 506 g/mol. The maximum Gasteiger partial charge on any atom is 0.343 e. The Labute approximate surface area is 213 Å². The Morgan fingerprint density at radius 3 is 2.43 bits per heavy atom. The number of anilines is 1. The molecule has 9 nitrogen and oxygen atoms in total. The van der Waals surface area contributed by atoms with E-state index in [1.165, 1.54) is 0 Å². The predicted molar refractivity (Wildman–Crippen MR) is 132 cm³/mol. The lowest BCUT2D eigenvalue weighted by atomic mass is 9.95. The zero-order valence-corrected chi connectivity index (χ0v) is 20.4. The molecule has 1 N–H and O–H groups in total. The summed E-state index contributed by atoms with van der Waals surface area (Å²) in [4.78, 5) is 54.4. The highest BCUT2D eigenvalue weighted by molar-refractivity contribution is 6.22. The van der Waals surface area contributed by atoms with E-state index in [9.17, 15) is 23.6 Å². The van der Waals surface area contributed by atoms with Crippen molar-refractivity contribution in [3.8, 4) is 0 Å². The minimum atomic E-state index is -0.768. The molecular weight excluding hydrogens is 477 g/mol. The molecule has 2 fully saturated rings. The molecule has 0 atom stereocenters. The fourth-order valence-corrected chi connectivity index (χ4v) is 5.96. The van der Waals surface area contributed by atoms with E-state index >= 15 is 0 Å². The summed E-state index contributed by atoms with van der Waals surface area (Å²) < 4.78 is 13.7. The van der Waals surface area contributed by atoms with Crippen molar-refractivity contribution in [2.45, 2.75) is 44.7 Å². The van der Waals surface area contributed by atoms with Crippen LogP contribution in [0, 0.1) is 5.82 Å². The fourth-order valence-electron chi connectivity index (χ4n) is 5.96. The van der Waals surface area contributed by atoms with Gasteiger partial charge in [0.2, 0.25) is 5.91 Å². The van der Waals surface area contributed by atoms with Crippen molar-refractivity contribution in [2.75, 3.05) is 31.1 Å². The van der Waals surface area contributed by atoms with E-state index in [0.717, 1.165) is 72.1 Å². The minimum absolute atomic E-state index is 0.0195. The van der Waals surface area contributed by atoms with E-state index in [4.69, 9.17) is 0 Å². The molecule has 4 aliphatic heterocycles. The van der Waals surface area contributed by atoms with Gasteiger partial charge in [0, 0.05) is 44.3 Å². The number of carbonyl (C=O) groups is 4. The molecule has 5 amide bonds. The number of hydrazine groups is 1. The van der Waals surface area contributed by atoms with Crippen LogP contribution in [-0.4, -0.2) is 70.9 Å². The smallest absolute Gasteiger partial charge is 0.343 e. The Morgan fingerprint density at radius 2 is 1.65 bits per heavy atom. The molecule has 0 radical (unpaired) electrons. The molecule has 2 saturated heterocycles. The first kappa shape index (κ1) is 23.6. The van der Waals surface area contributed by atoms with E-state index in [1.807, 2.05) is 12.1 Å². The fraction of sp³-hybridized carbons (Fsp3) is 0.407. The Kier molecular flexibility index (Phi) is 5.91. The number of hydrogen-bond donors (Lipinski definition) is 1. The second kappa shape index (κ2) is 9.26. The minimum Gasteiger partial charge on any atom is -0.368 e. The molecule has 2 aromatic rings. The molecule has 0 aromatic heterocycles. The third-order valence-corrected chi connectivity index (χ3v) is 7.80. The van der Waals surface area contributed by atoms with E-state index in [1.54, 1.807) is 24.3 Å². The molecule has 0 aliphatic carbocycles. The van der Waals surface area contributed by atoms with Crippen LogP contribution in [-0.2, 0) is 17.8 Å². The number of aryl methyl sites for hydroxylation is 1. The van der Waals surface area contributed by atoms with Gasteiger partial charge in [0.15, 0.2) is 0 Å². The number of halogens is 1. The number of imide groups is 2. The topological polar surface area (TPSA) is 93.3 Å². The molecule has 0 spiro atoms.